The van der Waals surface area contributed by atoms with Gasteiger partial charge in [-0.3, -0.25) is 4.79 Å². The molecule has 1 aromatic heterocycles. The SMILES string of the molecule is CCn1c(CSCc2ccc(Cl)c(Cl)c2)nnc1SCC(=O)Nc1cc(F)ccc1C. The predicted molar refractivity (Wildman–Crippen MR) is 128 cm³/mol. The molecule has 3 aromatic rings. The number of aromatic nitrogens is 3. The molecule has 1 heterocycles. The molecule has 0 aliphatic heterocycles. The number of nitrogens with zero attached hydrogens (tertiary/aromatic N) is 3. The fourth-order valence-corrected chi connectivity index (χ4v) is 4.84. The number of thioether (sulfide) groups is 2. The topological polar surface area (TPSA) is 59.8 Å². The zero-order valence-electron chi connectivity index (χ0n) is 17.0. The fraction of sp³-hybridized carbons (Fsp3) is 0.286. The number of carbonyl (C=O) groups is 1. The second kappa shape index (κ2) is 11.2. The lowest BCUT2D eigenvalue weighted by Gasteiger charge is -2.09. The van der Waals surface area contributed by atoms with E-state index in [1.807, 2.05) is 30.5 Å². The summed E-state index contributed by atoms with van der Waals surface area (Å²) in [6.45, 7) is 4.52. The monoisotopic (exact) mass is 498 g/mol. The summed E-state index contributed by atoms with van der Waals surface area (Å²) in [6, 6.07) is 9.92. The maximum atomic E-state index is 13.4. The van der Waals surface area contributed by atoms with Crippen LogP contribution in [-0.2, 0) is 22.8 Å². The number of carbonyl (C=O) groups excluding carboxylic acids is 1. The molecule has 0 aliphatic carbocycles. The van der Waals surface area contributed by atoms with Gasteiger partial charge in [0.05, 0.1) is 21.6 Å². The molecule has 0 fully saturated rings. The van der Waals surface area contributed by atoms with Crippen molar-refractivity contribution in [2.24, 2.45) is 0 Å². The van der Waals surface area contributed by atoms with Gasteiger partial charge in [-0.2, -0.15) is 0 Å². The average Bonchev–Trinajstić information content (AvgIpc) is 3.13. The lowest BCUT2D eigenvalue weighted by atomic mass is 10.2. The molecule has 2 aromatic carbocycles. The van der Waals surface area contributed by atoms with E-state index in [0.717, 1.165) is 22.7 Å². The molecule has 0 spiro atoms. The largest absolute Gasteiger partial charge is 0.325 e. The highest BCUT2D eigenvalue weighted by Crippen LogP contribution is 2.26. The van der Waals surface area contributed by atoms with Crippen molar-refractivity contribution in [1.29, 1.82) is 0 Å². The summed E-state index contributed by atoms with van der Waals surface area (Å²) >= 11 is 15.0. The molecular formula is C21H21Cl2FN4OS2. The lowest BCUT2D eigenvalue weighted by molar-refractivity contribution is -0.113. The highest BCUT2D eigenvalue weighted by atomic mass is 35.5. The maximum absolute atomic E-state index is 13.4. The first-order valence-corrected chi connectivity index (χ1v) is 12.4. The number of benzene rings is 2. The van der Waals surface area contributed by atoms with Gasteiger partial charge < -0.3 is 9.88 Å². The van der Waals surface area contributed by atoms with Crippen molar-refractivity contribution in [2.75, 3.05) is 11.1 Å². The third kappa shape index (κ3) is 6.62. The molecule has 0 radical (unpaired) electrons. The number of aryl methyl sites for hydroxylation is 1. The highest BCUT2D eigenvalue weighted by molar-refractivity contribution is 7.99. The molecule has 3 rings (SSSR count). The van der Waals surface area contributed by atoms with E-state index in [1.54, 1.807) is 23.9 Å². The lowest BCUT2D eigenvalue weighted by Crippen LogP contribution is -2.15. The Bertz CT molecular complexity index is 1080. The summed E-state index contributed by atoms with van der Waals surface area (Å²) in [5, 5.41) is 13.0. The van der Waals surface area contributed by atoms with Gasteiger partial charge in [-0.25, -0.2) is 4.39 Å². The zero-order valence-corrected chi connectivity index (χ0v) is 20.1. The summed E-state index contributed by atoms with van der Waals surface area (Å²) in [6.07, 6.45) is 0. The Morgan fingerprint density at radius 2 is 1.94 bits per heavy atom. The van der Waals surface area contributed by atoms with Gasteiger partial charge in [-0.15, -0.1) is 22.0 Å². The van der Waals surface area contributed by atoms with Crippen LogP contribution in [0.25, 0.3) is 0 Å². The predicted octanol–water partition coefficient (Wildman–Crippen LogP) is 6.22. The summed E-state index contributed by atoms with van der Waals surface area (Å²) < 4.78 is 15.4. The molecule has 1 N–H and O–H groups in total. The van der Waals surface area contributed by atoms with Gasteiger partial charge in [0.25, 0.3) is 0 Å². The quantitative estimate of drug-likeness (QED) is 0.355. The van der Waals surface area contributed by atoms with Crippen LogP contribution in [0.4, 0.5) is 10.1 Å². The van der Waals surface area contributed by atoms with Gasteiger partial charge in [-0.05, 0) is 49.2 Å². The van der Waals surface area contributed by atoms with E-state index in [4.69, 9.17) is 23.2 Å². The van der Waals surface area contributed by atoms with Crippen LogP contribution in [0, 0.1) is 12.7 Å². The van der Waals surface area contributed by atoms with Gasteiger partial charge in [0.15, 0.2) is 5.16 Å². The number of anilines is 1. The molecule has 0 bridgehead atoms. The van der Waals surface area contributed by atoms with Crippen molar-refractivity contribution >= 4 is 58.3 Å². The van der Waals surface area contributed by atoms with Crippen molar-refractivity contribution in [3.05, 3.63) is 69.2 Å². The number of nitrogens with one attached hydrogen (secondary N) is 1. The van der Waals surface area contributed by atoms with Gasteiger partial charge in [0.2, 0.25) is 5.91 Å². The van der Waals surface area contributed by atoms with Gasteiger partial charge >= 0.3 is 0 Å². The Labute approximate surface area is 199 Å². The van der Waals surface area contributed by atoms with Gasteiger partial charge in [-0.1, -0.05) is 47.1 Å². The van der Waals surface area contributed by atoms with Crippen LogP contribution in [0.1, 0.15) is 23.9 Å². The number of halogens is 3. The molecular weight excluding hydrogens is 478 g/mol. The molecule has 1 amide bonds. The first-order chi connectivity index (χ1) is 14.9. The summed E-state index contributed by atoms with van der Waals surface area (Å²) in [5.74, 6) is 1.84. The second-order valence-electron chi connectivity index (χ2n) is 6.68. The first-order valence-electron chi connectivity index (χ1n) is 9.50. The van der Waals surface area contributed by atoms with Crippen LogP contribution in [0.3, 0.4) is 0 Å². The molecule has 0 aliphatic rings. The van der Waals surface area contributed by atoms with Crippen molar-refractivity contribution in [3.63, 3.8) is 0 Å². The van der Waals surface area contributed by atoms with Crippen LogP contribution in [0.15, 0.2) is 41.6 Å². The number of rotatable bonds is 9. The van der Waals surface area contributed by atoms with Crippen molar-refractivity contribution in [1.82, 2.24) is 14.8 Å². The minimum atomic E-state index is -0.387. The van der Waals surface area contributed by atoms with E-state index >= 15 is 0 Å². The zero-order chi connectivity index (χ0) is 22.4. The van der Waals surface area contributed by atoms with Crippen LogP contribution in [-0.4, -0.2) is 26.4 Å². The second-order valence-corrected chi connectivity index (χ2v) is 9.42. The minimum absolute atomic E-state index is 0.157. The highest BCUT2D eigenvalue weighted by Gasteiger charge is 2.14. The van der Waals surface area contributed by atoms with Crippen molar-refractivity contribution < 1.29 is 9.18 Å². The number of amides is 1. The normalized spacial score (nSPS) is 11.0. The molecule has 0 saturated carbocycles. The molecule has 31 heavy (non-hydrogen) atoms. The maximum Gasteiger partial charge on any atom is 0.234 e. The molecule has 5 nitrogen and oxygen atoms in total. The van der Waals surface area contributed by atoms with Crippen LogP contribution >= 0.6 is 46.7 Å². The molecule has 0 atom stereocenters. The third-order valence-electron chi connectivity index (χ3n) is 4.40. The fourth-order valence-electron chi connectivity index (χ4n) is 2.79. The number of hydrogen-bond acceptors (Lipinski definition) is 5. The van der Waals surface area contributed by atoms with Gasteiger partial charge in [0, 0.05) is 18.0 Å². The van der Waals surface area contributed by atoms with E-state index in [-0.39, 0.29) is 17.5 Å². The Morgan fingerprint density at radius 3 is 2.68 bits per heavy atom. The minimum Gasteiger partial charge on any atom is -0.325 e. The third-order valence-corrected chi connectivity index (χ3v) is 7.11. The molecule has 0 saturated heterocycles. The van der Waals surface area contributed by atoms with Crippen LogP contribution in [0.5, 0.6) is 0 Å². The van der Waals surface area contributed by atoms with Gasteiger partial charge in [0.1, 0.15) is 11.6 Å². The van der Waals surface area contributed by atoms with Crippen LogP contribution in [0.2, 0.25) is 10.0 Å². The van der Waals surface area contributed by atoms with E-state index < -0.39 is 0 Å². The Morgan fingerprint density at radius 1 is 1.13 bits per heavy atom. The Balaban J connectivity index is 1.54. The standard InChI is InChI=1S/C21H21Cl2FN4OS2/c1-3-28-19(11-30-10-14-5-7-16(22)17(23)8-14)26-27-21(28)31-12-20(29)25-18-9-15(24)6-4-13(18)2/h4-9H,3,10-12H2,1-2H3,(H,25,29). The molecule has 164 valence electrons. The molecule has 0 unspecified atom stereocenters. The van der Waals surface area contributed by atoms with Crippen LogP contribution < -0.4 is 5.32 Å². The Kier molecular flexibility index (Phi) is 8.66. The summed E-state index contributed by atoms with van der Waals surface area (Å²) in [5.41, 5.74) is 2.36. The Hall–Kier alpha value is -1.74. The molecule has 10 heteroatoms. The van der Waals surface area contributed by atoms with Crippen molar-refractivity contribution in [2.45, 2.75) is 37.1 Å². The van der Waals surface area contributed by atoms with E-state index in [2.05, 4.69) is 15.5 Å². The summed E-state index contributed by atoms with van der Waals surface area (Å²) in [4.78, 5) is 12.3. The van der Waals surface area contributed by atoms with E-state index in [1.165, 1.54) is 23.9 Å². The smallest absolute Gasteiger partial charge is 0.234 e. The summed E-state index contributed by atoms with van der Waals surface area (Å²) in [7, 11) is 0. The van der Waals surface area contributed by atoms with Crippen molar-refractivity contribution in [3.8, 4) is 0 Å². The first kappa shape index (κ1) is 23.9. The number of hydrogen-bond donors (Lipinski definition) is 1. The van der Waals surface area contributed by atoms with E-state index in [9.17, 15) is 9.18 Å². The average molecular weight is 499 g/mol. The van der Waals surface area contributed by atoms with E-state index in [0.29, 0.717) is 33.2 Å².